The fraction of sp³-hybridized carbons (Fsp3) is 0.364. The molecule has 1 aromatic carbocycles. The van der Waals surface area contributed by atoms with Crippen LogP contribution in [0.5, 0.6) is 0 Å². The number of carbonyl (C=O) groups excluding carboxylic acids is 1. The zero-order valence-electron chi connectivity index (χ0n) is 9.54. The van der Waals surface area contributed by atoms with Crippen LogP contribution in [0.4, 0.5) is 10.5 Å². The maximum absolute atomic E-state index is 11.8. The molecular weight excluding hydrogens is 254 g/mol. The highest BCUT2D eigenvalue weighted by Gasteiger charge is 2.49. The molecule has 0 unspecified atom stereocenters. The molecule has 6 nitrogen and oxygen atoms in total. The van der Waals surface area contributed by atoms with Crippen LogP contribution in [0.1, 0.15) is 0 Å². The second kappa shape index (κ2) is 3.88. The molecular formula is C11H13N3O3S. The first-order valence-electron chi connectivity index (χ1n) is 5.67. The predicted molar refractivity (Wildman–Crippen MR) is 66.7 cm³/mol. The fourth-order valence-electron chi connectivity index (χ4n) is 2.39. The minimum absolute atomic E-state index is 0.0102. The molecule has 96 valence electrons. The van der Waals surface area contributed by atoms with E-state index >= 15 is 0 Å². The lowest BCUT2D eigenvalue weighted by Crippen LogP contribution is -2.41. The molecule has 7 heteroatoms. The summed E-state index contributed by atoms with van der Waals surface area (Å²) in [6.07, 6.45) is 0. The number of rotatable bonds is 2. The molecule has 2 fully saturated rings. The molecule has 2 aliphatic heterocycles. The van der Waals surface area contributed by atoms with Crippen molar-refractivity contribution in [3.63, 3.8) is 0 Å². The van der Waals surface area contributed by atoms with Crippen LogP contribution in [0.15, 0.2) is 30.3 Å². The van der Waals surface area contributed by atoms with E-state index in [0.29, 0.717) is 0 Å². The molecule has 2 N–H and O–H groups in total. The van der Waals surface area contributed by atoms with E-state index in [0.717, 1.165) is 5.69 Å². The Bertz CT molecular complexity index is 572. The van der Waals surface area contributed by atoms with E-state index in [4.69, 9.17) is 0 Å². The number of nitrogens with one attached hydrogen (secondary N) is 2. The second-order valence-electron chi connectivity index (χ2n) is 4.55. The lowest BCUT2D eigenvalue weighted by molar-refractivity contribution is 0.218. The summed E-state index contributed by atoms with van der Waals surface area (Å²) >= 11 is 0. The van der Waals surface area contributed by atoms with Gasteiger partial charge in [0.25, 0.3) is 0 Å². The molecule has 0 bridgehead atoms. The van der Waals surface area contributed by atoms with E-state index in [9.17, 15) is 13.2 Å². The number of urea groups is 1. The summed E-state index contributed by atoms with van der Waals surface area (Å²) < 4.78 is 23.1. The minimum atomic E-state index is -3.05. The van der Waals surface area contributed by atoms with Gasteiger partial charge in [0.2, 0.25) is 0 Å². The summed E-state index contributed by atoms with van der Waals surface area (Å²) in [5, 5.41) is 4.07. The van der Waals surface area contributed by atoms with E-state index < -0.39 is 9.84 Å². The topological polar surface area (TPSA) is 78.5 Å². The number of nitrogens with zero attached hydrogens (tertiary/aromatic N) is 1. The average Bonchev–Trinajstić information content (AvgIpc) is 2.74. The SMILES string of the molecule is O=C1N[C@H]2CS(=O)(=O)C[C@@H]2N1Nc1ccccc1. The Morgan fingerprint density at radius 1 is 1.22 bits per heavy atom. The number of benzene rings is 1. The Kier molecular flexibility index (Phi) is 2.44. The van der Waals surface area contributed by atoms with Crippen LogP contribution in [0.2, 0.25) is 0 Å². The van der Waals surface area contributed by atoms with Gasteiger partial charge in [0.05, 0.1) is 29.3 Å². The van der Waals surface area contributed by atoms with Gasteiger partial charge >= 0.3 is 6.03 Å². The first kappa shape index (κ1) is 11.3. The number of fused-ring (bicyclic) bond motifs is 1. The van der Waals surface area contributed by atoms with Gasteiger partial charge in [-0.25, -0.2) is 18.2 Å². The third-order valence-corrected chi connectivity index (χ3v) is 4.92. The van der Waals surface area contributed by atoms with E-state index in [-0.39, 0.29) is 29.6 Å². The number of hydrogen-bond donors (Lipinski definition) is 2. The molecule has 2 amide bonds. The number of hydrazine groups is 1. The van der Waals surface area contributed by atoms with Crippen molar-refractivity contribution < 1.29 is 13.2 Å². The van der Waals surface area contributed by atoms with Crippen molar-refractivity contribution in [3.8, 4) is 0 Å². The molecule has 2 saturated heterocycles. The lowest BCUT2D eigenvalue weighted by atomic mass is 10.2. The molecule has 0 spiro atoms. The van der Waals surface area contributed by atoms with Crippen LogP contribution in [-0.4, -0.2) is 43.0 Å². The van der Waals surface area contributed by atoms with Crippen molar-refractivity contribution in [3.05, 3.63) is 30.3 Å². The molecule has 0 aliphatic carbocycles. The Morgan fingerprint density at radius 3 is 2.67 bits per heavy atom. The van der Waals surface area contributed by atoms with Gasteiger partial charge in [0, 0.05) is 0 Å². The highest BCUT2D eigenvalue weighted by atomic mass is 32.2. The molecule has 2 heterocycles. The van der Waals surface area contributed by atoms with Gasteiger partial charge in [-0.2, -0.15) is 0 Å². The zero-order valence-corrected chi connectivity index (χ0v) is 10.4. The molecule has 2 atom stereocenters. The summed E-state index contributed by atoms with van der Waals surface area (Å²) in [6, 6.07) is 8.30. The van der Waals surface area contributed by atoms with Crippen molar-refractivity contribution in [1.29, 1.82) is 0 Å². The lowest BCUT2D eigenvalue weighted by Gasteiger charge is -2.22. The second-order valence-corrected chi connectivity index (χ2v) is 6.70. The van der Waals surface area contributed by atoms with Crippen molar-refractivity contribution in [2.24, 2.45) is 0 Å². The van der Waals surface area contributed by atoms with Crippen molar-refractivity contribution in [2.45, 2.75) is 12.1 Å². The molecule has 0 radical (unpaired) electrons. The number of hydrogen-bond acceptors (Lipinski definition) is 4. The molecule has 3 rings (SSSR count). The number of sulfone groups is 1. The summed E-state index contributed by atoms with van der Waals surface area (Å²) in [6.45, 7) is 0. The van der Waals surface area contributed by atoms with Gasteiger partial charge < -0.3 is 5.32 Å². The highest BCUT2D eigenvalue weighted by molar-refractivity contribution is 7.91. The third kappa shape index (κ3) is 1.90. The minimum Gasteiger partial charge on any atom is -0.331 e. The molecule has 18 heavy (non-hydrogen) atoms. The highest BCUT2D eigenvalue weighted by Crippen LogP contribution is 2.24. The predicted octanol–water partition coefficient (Wildman–Crippen LogP) is 0.204. The van der Waals surface area contributed by atoms with Crippen LogP contribution in [0.25, 0.3) is 0 Å². The van der Waals surface area contributed by atoms with Crippen LogP contribution >= 0.6 is 0 Å². The Hall–Kier alpha value is -1.76. The van der Waals surface area contributed by atoms with Crippen LogP contribution in [0, 0.1) is 0 Å². The maximum Gasteiger partial charge on any atom is 0.336 e. The van der Waals surface area contributed by atoms with Gasteiger partial charge in [0.1, 0.15) is 0 Å². The van der Waals surface area contributed by atoms with Crippen LogP contribution in [0.3, 0.4) is 0 Å². The van der Waals surface area contributed by atoms with E-state index in [1.165, 1.54) is 5.01 Å². The number of carbonyl (C=O) groups is 1. The molecule has 1 aromatic rings. The van der Waals surface area contributed by atoms with Gasteiger partial charge in [-0.3, -0.25) is 5.43 Å². The summed E-state index contributed by atoms with van der Waals surface area (Å²) in [7, 11) is -3.05. The first-order valence-corrected chi connectivity index (χ1v) is 7.49. The quantitative estimate of drug-likeness (QED) is 0.751. The fourth-order valence-corrected chi connectivity index (χ4v) is 4.28. The van der Waals surface area contributed by atoms with Gasteiger partial charge in [0.15, 0.2) is 9.84 Å². The average molecular weight is 267 g/mol. The third-order valence-electron chi connectivity index (χ3n) is 3.21. The number of para-hydroxylation sites is 1. The monoisotopic (exact) mass is 267 g/mol. The molecule has 2 aliphatic rings. The largest absolute Gasteiger partial charge is 0.336 e. The standard InChI is InChI=1S/C11H13N3O3S/c15-11-12-9-6-18(16,17)7-10(9)14(11)13-8-4-2-1-3-5-8/h1-5,9-10,13H,6-7H2,(H,12,15)/t9-,10-/m0/s1. The normalized spacial score (nSPS) is 28.9. The van der Waals surface area contributed by atoms with E-state index in [1.54, 1.807) is 0 Å². The first-order chi connectivity index (χ1) is 8.55. The van der Waals surface area contributed by atoms with E-state index in [1.807, 2.05) is 30.3 Å². The van der Waals surface area contributed by atoms with Gasteiger partial charge in [-0.05, 0) is 12.1 Å². The van der Waals surface area contributed by atoms with Crippen molar-refractivity contribution >= 4 is 21.6 Å². The number of amides is 2. The molecule has 0 aromatic heterocycles. The van der Waals surface area contributed by atoms with E-state index in [2.05, 4.69) is 10.7 Å². The maximum atomic E-state index is 11.8. The number of anilines is 1. The summed E-state index contributed by atoms with van der Waals surface area (Å²) in [5.74, 6) is 0.0343. The van der Waals surface area contributed by atoms with Crippen molar-refractivity contribution in [1.82, 2.24) is 10.3 Å². The van der Waals surface area contributed by atoms with Crippen LogP contribution in [-0.2, 0) is 9.84 Å². The van der Waals surface area contributed by atoms with Gasteiger partial charge in [-0.15, -0.1) is 0 Å². The Labute approximate surface area is 105 Å². The van der Waals surface area contributed by atoms with Gasteiger partial charge in [-0.1, -0.05) is 18.2 Å². The summed E-state index contributed by atoms with van der Waals surface area (Å²) in [5.41, 5.74) is 3.72. The Morgan fingerprint density at radius 2 is 1.94 bits per heavy atom. The molecule has 0 saturated carbocycles. The summed E-state index contributed by atoms with van der Waals surface area (Å²) in [4.78, 5) is 11.8. The van der Waals surface area contributed by atoms with Crippen LogP contribution < -0.4 is 10.7 Å². The zero-order chi connectivity index (χ0) is 12.8. The van der Waals surface area contributed by atoms with Crippen molar-refractivity contribution in [2.75, 3.05) is 16.9 Å². The Balaban J connectivity index is 1.82. The smallest absolute Gasteiger partial charge is 0.331 e.